The van der Waals surface area contributed by atoms with Crippen LogP contribution in [0.1, 0.15) is 27.4 Å². The Bertz CT molecular complexity index is 877. The SMILES string of the molecule is Cc1cc(C)n(Cc2cccc(NC(=O)c3c(I)cnn3C)c2)n1. The highest BCUT2D eigenvalue weighted by molar-refractivity contribution is 14.1. The van der Waals surface area contributed by atoms with Crippen LogP contribution in [0.2, 0.25) is 0 Å². The van der Waals surface area contributed by atoms with E-state index in [1.165, 1.54) is 0 Å². The van der Waals surface area contributed by atoms with Gasteiger partial charge < -0.3 is 5.32 Å². The summed E-state index contributed by atoms with van der Waals surface area (Å²) in [6, 6.07) is 9.87. The fourth-order valence-corrected chi connectivity index (χ4v) is 3.33. The van der Waals surface area contributed by atoms with Gasteiger partial charge in [-0.05, 0) is 60.2 Å². The molecule has 0 aliphatic heterocycles. The van der Waals surface area contributed by atoms with Crippen molar-refractivity contribution in [1.29, 1.82) is 0 Å². The highest BCUT2D eigenvalue weighted by Gasteiger charge is 2.15. The minimum Gasteiger partial charge on any atom is -0.321 e. The average Bonchev–Trinajstić information content (AvgIpc) is 3.01. The molecule has 0 atom stereocenters. The summed E-state index contributed by atoms with van der Waals surface area (Å²) in [5.74, 6) is -0.164. The van der Waals surface area contributed by atoms with Gasteiger partial charge in [-0.2, -0.15) is 10.2 Å². The third kappa shape index (κ3) is 3.50. The predicted octanol–water partition coefficient (Wildman–Crippen LogP) is 3.14. The van der Waals surface area contributed by atoms with Crippen LogP contribution < -0.4 is 5.32 Å². The molecular weight excluding hydrogens is 417 g/mol. The number of carbonyl (C=O) groups is 1. The number of halogens is 1. The first-order valence-electron chi connectivity index (χ1n) is 7.53. The zero-order valence-corrected chi connectivity index (χ0v) is 15.9. The summed E-state index contributed by atoms with van der Waals surface area (Å²) >= 11 is 2.11. The van der Waals surface area contributed by atoms with E-state index in [-0.39, 0.29) is 5.91 Å². The largest absolute Gasteiger partial charge is 0.321 e. The average molecular weight is 435 g/mol. The Hall–Kier alpha value is -2.16. The molecule has 0 spiro atoms. The number of rotatable bonds is 4. The van der Waals surface area contributed by atoms with E-state index in [0.29, 0.717) is 12.2 Å². The standard InChI is InChI=1S/C17H18IN5O/c1-11-7-12(2)23(21-11)10-13-5-4-6-14(8-13)20-17(24)16-15(18)9-19-22(16)3/h4-9H,10H2,1-3H3,(H,20,24). The summed E-state index contributed by atoms with van der Waals surface area (Å²) in [7, 11) is 1.76. The van der Waals surface area contributed by atoms with Gasteiger partial charge in [0.05, 0.1) is 22.0 Å². The topological polar surface area (TPSA) is 64.7 Å². The third-order valence-corrected chi connectivity index (χ3v) is 4.52. The summed E-state index contributed by atoms with van der Waals surface area (Å²) in [5.41, 5.74) is 4.52. The highest BCUT2D eigenvalue weighted by Crippen LogP contribution is 2.16. The van der Waals surface area contributed by atoms with Gasteiger partial charge in [-0.15, -0.1) is 0 Å². The van der Waals surface area contributed by atoms with Gasteiger partial charge in [-0.25, -0.2) is 0 Å². The van der Waals surface area contributed by atoms with Gasteiger partial charge in [-0.1, -0.05) is 12.1 Å². The van der Waals surface area contributed by atoms with Crippen LogP contribution >= 0.6 is 22.6 Å². The zero-order chi connectivity index (χ0) is 17.3. The number of nitrogens with one attached hydrogen (secondary N) is 1. The van der Waals surface area contributed by atoms with Crippen LogP contribution in [-0.2, 0) is 13.6 Å². The molecule has 124 valence electrons. The molecule has 3 aromatic rings. The molecule has 0 saturated carbocycles. The molecule has 2 aromatic heterocycles. The highest BCUT2D eigenvalue weighted by atomic mass is 127. The van der Waals surface area contributed by atoms with Crippen LogP contribution in [-0.4, -0.2) is 25.5 Å². The molecule has 0 aliphatic rings. The Morgan fingerprint density at radius 3 is 2.71 bits per heavy atom. The first kappa shape index (κ1) is 16.7. The fraction of sp³-hybridized carbons (Fsp3) is 0.235. The lowest BCUT2D eigenvalue weighted by Gasteiger charge is -2.09. The van der Waals surface area contributed by atoms with Crippen molar-refractivity contribution in [3.05, 3.63) is 62.7 Å². The van der Waals surface area contributed by atoms with Gasteiger partial charge in [0.25, 0.3) is 5.91 Å². The van der Waals surface area contributed by atoms with E-state index < -0.39 is 0 Å². The lowest BCUT2D eigenvalue weighted by atomic mass is 10.2. The summed E-state index contributed by atoms with van der Waals surface area (Å²) in [6.07, 6.45) is 1.68. The molecule has 0 fully saturated rings. The van der Waals surface area contributed by atoms with Crippen LogP contribution in [0, 0.1) is 17.4 Å². The lowest BCUT2D eigenvalue weighted by Crippen LogP contribution is -2.17. The third-order valence-electron chi connectivity index (χ3n) is 3.73. The predicted molar refractivity (Wildman–Crippen MR) is 101 cm³/mol. The first-order valence-corrected chi connectivity index (χ1v) is 8.61. The normalized spacial score (nSPS) is 10.8. The van der Waals surface area contributed by atoms with Crippen LogP contribution in [0.15, 0.2) is 36.5 Å². The van der Waals surface area contributed by atoms with Crippen molar-refractivity contribution in [2.75, 3.05) is 5.32 Å². The molecule has 0 saturated heterocycles. The molecule has 1 N–H and O–H groups in total. The Morgan fingerprint density at radius 1 is 1.29 bits per heavy atom. The van der Waals surface area contributed by atoms with Gasteiger partial charge in [0, 0.05) is 18.4 Å². The molecule has 0 radical (unpaired) electrons. The maximum atomic E-state index is 12.4. The van der Waals surface area contributed by atoms with Crippen molar-refractivity contribution in [3.8, 4) is 0 Å². The maximum Gasteiger partial charge on any atom is 0.275 e. The fourth-order valence-electron chi connectivity index (χ4n) is 2.61. The van der Waals surface area contributed by atoms with Gasteiger partial charge in [-0.3, -0.25) is 14.2 Å². The molecule has 0 unspecified atom stereocenters. The second kappa shape index (κ2) is 6.76. The number of hydrogen-bond acceptors (Lipinski definition) is 3. The van der Waals surface area contributed by atoms with Crippen molar-refractivity contribution in [3.63, 3.8) is 0 Å². The maximum absolute atomic E-state index is 12.4. The Balaban J connectivity index is 1.78. The molecule has 24 heavy (non-hydrogen) atoms. The van der Waals surface area contributed by atoms with Crippen molar-refractivity contribution >= 4 is 34.2 Å². The van der Waals surface area contributed by atoms with Crippen LogP contribution in [0.5, 0.6) is 0 Å². The second-order valence-corrected chi connectivity index (χ2v) is 6.87. The summed E-state index contributed by atoms with van der Waals surface area (Å²) < 4.78 is 4.36. The Kier molecular flexibility index (Phi) is 4.70. The van der Waals surface area contributed by atoms with Gasteiger partial charge in [0.15, 0.2) is 0 Å². The minimum absolute atomic E-state index is 0.164. The quantitative estimate of drug-likeness (QED) is 0.641. The molecule has 6 nitrogen and oxygen atoms in total. The molecule has 7 heteroatoms. The molecule has 0 bridgehead atoms. The minimum atomic E-state index is -0.164. The number of hydrogen-bond donors (Lipinski definition) is 1. The Labute approximate surface area is 154 Å². The number of aryl methyl sites for hydroxylation is 3. The summed E-state index contributed by atoms with van der Waals surface area (Å²) in [6.45, 7) is 4.69. The van der Waals surface area contributed by atoms with Crippen molar-refractivity contribution in [2.24, 2.45) is 7.05 Å². The van der Waals surface area contributed by atoms with E-state index in [1.54, 1.807) is 17.9 Å². The van der Waals surface area contributed by atoms with E-state index in [1.807, 2.05) is 42.8 Å². The number of anilines is 1. The van der Waals surface area contributed by atoms with E-state index in [4.69, 9.17) is 0 Å². The number of aromatic nitrogens is 4. The van der Waals surface area contributed by atoms with E-state index in [9.17, 15) is 4.79 Å². The van der Waals surface area contributed by atoms with Crippen molar-refractivity contribution in [2.45, 2.75) is 20.4 Å². The van der Waals surface area contributed by atoms with Crippen LogP contribution in [0.3, 0.4) is 0 Å². The summed E-state index contributed by atoms with van der Waals surface area (Å²) in [5, 5.41) is 11.5. The molecule has 3 rings (SSSR count). The Morgan fingerprint density at radius 2 is 2.08 bits per heavy atom. The van der Waals surface area contributed by atoms with Gasteiger partial charge in [0.1, 0.15) is 5.69 Å². The van der Waals surface area contributed by atoms with E-state index >= 15 is 0 Å². The van der Waals surface area contributed by atoms with Gasteiger partial charge >= 0.3 is 0 Å². The molecular formula is C17H18IN5O. The first-order chi connectivity index (χ1) is 11.4. The number of nitrogens with zero attached hydrogens (tertiary/aromatic N) is 4. The summed E-state index contributed by atoms with van der Waals surface area (Å²) in [4.78, 5) is 12.4. The smallest absolute Gasteiger partial charge is 0.275 e. The molecule has 0 aliphatic carbocycles. The van der Waals surface area contributed by atoms with Gasteiger partial charge in [0.2, 0.25) is 0 Å². The zero-order valence-electron chi connectivity index (χ0n) is 13.7. The van der Waals surface area contributed by atoms with E-state index in [2.05, 4.69) is 44.2 Å². The van der Waals surface area contributed by atoms with Crippen LogP contribution in [0.25, 0.3) is 0 Å². The van der Waals surface area contributed by atoms with Crippen molar-refractivity contribution in [1.82, 2.24) is 19.6 Å². The van der Waals surface area contributed by atoms with Crippen LogP contribution in [0.4, 0.5) is 5.69 Å². The second-order valence-electron chi connectivity index (χ2n) is 5.70. The molecule has 2 heterocycles. The number of amides is 1. The molecule has 1 amide bonds. The van der Waals surface area contributed by atoms with E-state index in [0.717, 1.165) is 26.2 Å². The number of benzene rings is 1. The number of carbonyl (C=O) groups excluding carboxylic acids is 1. The van der Waals surface area contributed by atoms with Crippen molar-refractivity contribution < 1.29 is 4.79 Å². The monoisotopic (exact) mass is 435 g/mol. The molecule has 1 aromatic carbocycles. The lowest BCUT2D eigenvalue weighted by molar-refractivity contribution is 0.101.